The Labute approximate surface area is 129 Å². The average Bonchev–Trinajstić information content (AvgIpc) is 2.41. The van der Waals surface area contributed by atoms with E-state index in [0.29, 0.717) is 0 Å². The Morgan fingerprint density at radius 2 is 1.57 bits per heavy atom. The number of nitrogens with one attached hydrogen (secondary N) is 1. The lowest BCUT2D eigenvalue weighted by Gasteiger charge is -2.20. The van der Waals surface area contributed by atoms with Gasteiger partial charge in [-0.3, -0.25) is 24.0 Å². The predicted molar refractivity (Wildman–Crippen MR) is 75.4 cm³/mol. The number of benzene rings is 2. The zero-order valence-corrected chi connectivity index (χ0v) is 12.6. The molecule has 0 atom stereocenters. The number of imide groups is 1. The van der Waals surface area contributed by atoms with Gasteiger partial charge in [0.1, 0.15) is 9.79 Å². The van der Waals surface area contributed by atoms with E-state index in [4.69, 9.17) is 0 Å². The Hall–Kier alpha value is -2.34. The topological polar surface area (TPSA) is 155 Å². The van der Waals surface area contributed by atoms with Gasteiger partial charge < -0.3 is 0 Å². The maximum atomic E-state index is 12.0. The zero-order chi connectivity index (χ0) is 17.2. The number of carbonyl (C=O) groups excluding carboxylic acids is 2. The van der Waals surface area contributed by atoms with Crippen LogP contribution in [0.1, 0.15) is 20.7 Å². The minimum absolute atomic E-state index is 0.0423. The highest BCUT2D eigenvalue weighted by atomic mass is 32.2. The Bertz CT molecular complexity index is 1120. The minimum Gasteiger partial charge on any atom is -0.288 e. The fourth-order valence-corrected chi connectivity index (χ4v) is 4.51. The monoisotopic (exact) mass is 357 g/mol. The molecule has 1 aliphatic rings. The van der Waals surface area contributed by atoms with Crippen LogP contribution in [-0.4, -0.2) is 37.8 Å². The Balaban J connectivity index is 2.71. The van der Waals surface area contributed by atoms with Gasteiger partial charge >= 0.3 is 0 Å². The van der Waals surface area contributed by atoms with Gasteiger partial charge in [0, 0.05) is 10.9 Å². The summed E-state index contributed by atoms with van der Waals surface area (Å²) in [7, 11) is -10.3. The summed E-state index contributed by atoms with van der Waals surface area (Å²) >= 11 is 0. The molecular formula is C12H7NO8S2. The molecule has 2 aromatic carbocycles. The van der Waals surface area contributed by atoms with Crippen molar-refractivity contribution in [2.45, 2.75) is 9.79 Å². The van der Waals surface area contributed by atoms with Crippen molar-refractivity contribution in [3.8, 4) is 0 Å². The van der Waals surface area contributed by atoms with E-state index in [9.17, 15) is 35.5 Å². The summed E-state index contributed by atoms with van der Waals surface area (Å²) in [5.74, 6) is -1.99. The van der Waals surface area contributed by atoms with Gasteiger partial charge in [0.2, 0.25) is 0 Å². The highest BCUT2D eigenvalue weighted by Gasteiger charge is 2.36. The van der Waals surface area contributed by atoms with Crippen LogP contribution in [0.3, 0.4) is 0 Å². The van der Waals surface area contributed by atoms with Crippen LogP contribution in [0.15, 0.2) is 34.1 Å². The molecule has 0 aliphatic carbocycles. The second-order valence-corrected chi connectivity index (χ2v) is 7.46. The van der Waals surface area contributed by atoms with Gasteiger partial charge in [0.25, 0.3) is 32.1 Å². The van der Waals surface area contributed by atoms with Gasteiger partial charge in [-0.2, -0.15) is 16.8 Å². The zero-order valence-electron chi connectivity index (χ0n) is 11.0. The van der Waals surface area contributed by atoms with Gasteiger partial charge in [-0.25, -0.2) is 0 Å². The summed E-state index contributed by atoms with van der Waals surface area (Å²) in [6.45, 7) is 0. The van der Waals surface area contributed by atoms with Crippen molar-refractivity contribution >= 4 is 42.8 Å². The average molecular weight is 357 g/mol. The third-order valence-electron chi connectivity index (χ3n) is 3.32. The largest absolute Gasteiger partial charge is 0.296 e. The molecule has 1 heterocycles. The fraction of sp³-hybridized carbons (Fsp3) is 0. The molecule has 0 saturated carbocycles. The molecular weight excluding hydrogens is 350 g/mol. The lowest BCUT2D eigenvalue weighted by molar-refractivity contribution is 0.0842. The molecule has 1 aliphatic heterocycles. The first-order valence-electron chi connectivity index (χ1n) is 5.92. The van der Waals surface area contributed by atoms with E-state index >= 15 is 0 Å². The molecule has 0 spiro atoms. The van der Waals surface area contributed by atoms with Crippen LogP contribution in [0, 0.1) is 0 Å². The van der Waals surface area contributed by atoms with Crippen molar-refractivity contribution in [1.82, 2.24) is 5.32 Å². The normalized spacial score (nSPS) is 14.9. The molecule has 120 valence electrons. The minimum atomic E-state index is -5.20. The van der Waals surface area contributed by atoms with Crippen molar-refractivity contribution in [2.75, 3.05) is 0 Å². The summed E-state index contributed by atoms with van der Waals surface area (Å²) < 4.78 is 64.7. The maximum absolute atomic E-state index is 12.0. The van der Waals surface area contributed by atoms with Gasteiger partial charge in [-0.15, -0.1) is 0 Å². The van der Waals surface area contributed by atoms with E-state index in [1.165, 1.54) is 18.2 Å². The lowest BCUT2D eigenvalue weighted by Crippen LogP contribution is -2.36. The smallest absolute Gasteiger partial charge is 0.288 e. The molecule has 0 saturated heterocycles. The van der Waals surface area contributed by atoms with E-state index < -0.39 is 47.4 Å². The van der Waals surface area contributed by atoms with Gasteiger partial charge in [-0.1, -0.05) is 12.1 Å². The van der Waals surface area contributed by atoms with Crippen molar-refractivity contribution in [2.24, 2.45) is 0 Å². The number of amides is 2. The Morgan fingerprint density at radius 1 is 0.913 bits per heavy atom. The quantitative estimate of drug-likeness (QED) is 0.509. The Morgan fingerprint density at radius 3 is 2.13 bits per heavy atom. The van der Waals surface area contributed by atoms with E-state index in [-0.39, 0.29) is 16.3 Å². The first-order chi connectivity index (χ1) is 10.5. The molecule has 0 fully saturated rings. The van der Waals surface area contributed by atoms with Crippen molar-refractivity contribution in [3.05, 3.63) is 35.4 Å². The SMILES string of the molecule is O=C1NC(=O)c2c(S(=O)(=O)O)c(S(=O)(=O)O)cc3cccc1c23. The molecule has 23 heavy (non-hydrogen) atoms. The molecule has 0 bridgehead atoms. The van der Waals surface area contributed by atoms with E-state index in [1.54, 1.807) is 0 Å². The van der Waals surface area contributed by atoms with Crippen molar-refractivity contribution in [3.63, 3.8) is 0 Å². The lowest BCUT2D eigenvalue weighted by atomic mass is 9.95. The highest BCUT2D eigenvalue weighted by molar-refractivity contribution is 7.89. The number of hydrogen-bond acceptors (Lipinski definition) is 6. The molecule has 0 unspecified atom stereocenters. The molecule has 11 heteroatoms. The van der Waals surface area contributed by atoms with Crippen LogP contribution in [0.4, 0.5) is 0 Å². The predicted octanol–water partition coefficient (Wildman–Crippen LogP) is 0.217. The van der Waals surface area contributed by atoms with Crippen LogP contribution in [0.25, 0.3) is 10.8 Å². The van der Waals surface area contributed by atoms with Gasteiger partial charge in [-0.05, 0) is 17.5 Å². The third kappa shape index (κ3) is 2.30. The van der Waals surface area contributed by atoms with Crippen LogP contribution < -0.4 is 5.32 Å². The summed E-state index contributed by atoms with van der Waals surface area (Å²) in [5.41, 5.74) is -0.781. The number of hydrogen-bond donors (Lipinski definition) is 3. The first kappa shape index (κ1) is 15.6. The molecule has 3 rings (SSSR count). The van der Waals surface area contributed by atoms with Crippen LogP contribution >= 0.6 is 0 Å². The molecule has 0 radical (unpaired) electrons. The molecule has 0 aromatic heterocycles. The molecule has 3 N–H and O–H groups in total. The highest BCUT2D eigenvalue weighted by Crippen LogP contribution is 2.35. The van der Waals surface area contributed by atoms with E-state index in [0.717, 1.165) is 6.07 Å². The summed E-state index contributed by atoms with van der Waals surface area (Å²) in [4.78, 5) is 21.4. The molecule has 2 aromatic rings. The number of carbonyl (C=O) groups is 2. The Kier molecular flexibility index (Phi) is 3.10. The molecule has 9 nitrogen and oxygen atoms in total. The first-order valence-corrected chi connectivity index (χ1v) is 8.80. The summed E-state index contributed by atoms with van der Waals surface area (Å²) in [6, 6.07) is 4.79. The molecule has 2 amide bonds. The van der Waals surface area contributed by atoms with Gasteiger partial charge in [0.15, 0.2) is 0 Å². The van der Waals surface area contributed by atoms with Crippen LogP contribution in [0.2, 0.25) is 0 Å². The second kappa shape index (κ2) is 4.58. The van der Waals surface area contributed by atoms with Gasteiger partial charge in [0.05, 0.1) is 5.56 Å². The maximum Gasteiger partial charge on any atom is 0.296 e. The van der Waals surface area contributed by atoms with E-state index in [1.807, 2.05) is 5.32 Å². The van der Waals surface area contributed by atoms with Crippen LogP contribution in [0.5, 0.6) is 0 Å². The van der Waals surface area contributed by atoms with Crippen LogP contribution in [-0.2, 0) is 20.2 Å². The van der Waals surface area contributed by atoms with Crippen molar-refractivity contribution < 1.29 is 35.5 Å². The second-order valence-electron chi connectivity index (χ2n) is 4.72. The third-order valence-corrected chi connectivity index (χ3v) is 5.27. The standard InChI is InChI=1S/C12H7NO8S2/c14-11-6-3-1-2-5-4-7(22(16,17)18)10(23(19,20)21)9(8(5)6)12(15)13-11/h1-4H,(H,13,14,15)(H,16,17,18)(H,19,20,21). The van der Waals surface area contributed by atoms with Crippen molar-refractivity contribution in [1.29, 1.82) is 0 Å². The number of rotatable bonds is 2. The fourth-order valence-electron chi connectivity index (χ4n) is 2.50. The summed E-state index contributed by atoms with van der Waals surface area (Å²) in [5, 5.41) is 1.78. The van der Waals surface area contributed by atoms with E-state index in [2.05, 4.69) is 0 Å². The summed E-state index contributed by atoms with van der Waals surface area (Å²) in [6.07, 6.45) is 0.